The number of β-amino-alcohol motifs (C(OH)–C–C–N with tert-alkyl or cyclic N) is 1. The quantitative estimate of drug-likeness (QED) is 0.332. The zero-order chi connectivity index (χ0) is 29.1. The highest BCUT2D eigenvalue weighted by Crippen LogP contribution is 2.29. The van der Waals surface area contributed by atoms with Gasteiger partial charge in [-0.25, -0.2) is 9.78 Å². The van der Waals surface area contributed by atoms with Gasteiger partial charge in [0.25, 0.3) is 0 Å². The summed E-state index contributed by atoms with van der Waals surface area (Å²) in [5.74, 6) is -1.60. The molecule has 0 spiro atoms. The van der Waals surface area contributed by atoms with E-state index < -0.39 is 53.5 Å². The Bertz CT molecular complexity index is 1210. The predicted molar refractivity (Wildman–Crippen MR) is 147 cm³/mol. The van der Waals surface area contributed by atoms with Gasteiger partial charge in [-0.3, -0.25) is 14.4 Å². The molecule has 1 aliphatic rings. The van der Waals surface area contributed by atoms with Crippen molar-refractivity contribution < 1.29 is 29.4 Å². The summed E-state index contributed by atoms with van der Waals surface area (Å²) in [6.45, 7) is 10.4. The van der Waals surface area contributed by atoms with Gasteiger partial charge >= 0.3 is 6.09 Å². The van der Waals surface area contributed by atoms with Gasteiger partial charge in [0.2, 0.25) is 17.7 Å². The van der Waals surface area contributed by atoms with Crippen LogP contribution in [0.1, 0.15) is 58.3 Å². The van der Waals surface area contributed by atoms with E-state index in [-0.39, 0.29) is 19.0 Å². The maximum atomic E-state index is 13.6. The Morgan fingerprint density at radius 2 is 1.72 bits per heavy atom. The Labute approximate surface area is 232 Å². The minimum atomic E-state index is -1.36. The van der Waals surface area contributed by atoms with Crippen LogP contribution in [0.15, 0.2) is 29.8 Å². The lowest BCUT2D eigenvalue weighted by atomic mass is 9.85. The molecule has 0 radical (unpaired) electrons. The van der Waals surface area contributed by atoms with Gasteiger partial charge in [0.15, 0.2) is 0 Å². The SMILES string of the molecule is Cc1ncsc1-c1ccc([C@H](C)NC(=O)[C@@H]2C[C@@H](O)CN2C(=O)[C@@H](NC(=O)[C@H](C)NC(=O)O)C(C)(C)C)cc1. The number of rotatable bonds is 8. The van der Waals surface area contributed by atoms with Crippen LogP contribution < -0.4 is 16.0 Å². The van der Waals surface area contributed by atoms with Gasteiger partial charge in [-0.1, -0.05) is 45.0 Å². The number of nitrogens with zero attached hydrogens (tertiary/aromatic N) is 2. The van der Waals surface area contributed by atoms with Gasteiger partial charge < -0.3 is 31.1 Å². The summed E-state index contributed by atoms with van der Waals surface area (Å²) >= 11 is 1.56. The first kappa shape index (κ1) is 30.0. The highest BCUT2D eigenvalue weighted by Gasteiger charge is 2.45. The summed E-state index contributed by atoms with van der Waals surface area (Å²) in [5.41, 5.74) is 3.92. The molecule has 1 aliphatic heterocycles. The average molecular weight is 560 g/mol. The third kappa shape index (κ3) is 7.33. The van der Waals surface area contributed by atoms with Crippen molar-refractivity contribution in [2.45, 2.75) is 78.2 Å². The second-order valence-corrected chi connectivity index (χ2v) is 11.8. The number of amides is 4. The number of carbonyl (C=O) groups is 4. The second kappa shape index (κ2) is 12.1. The van der Waals surface area contributed by atoms with Crippen LogP contribution in [0.4, 0.5) is 4.79 Å². The molecule has 0 bridgehead atoms. The largest absolute Gasteiger partial charge is 0.465 e. The normalized spacial score (nSPS) is 19.6. The molecule has 2 heterocycles. The number of carbonyl (C=O) groups excluding carboxylic acids is 3. The van der Waals surface area contributed by atoms with E-state index in [0.29, 0.717) is 0 Å². The van der Waals surface area contributed by atoms with Crippen LogP contribution >= 0.6 is 11.3 Å². The first-order valence-corrected chi connectivity index (χ1v) is 13.7. The lowest BCUT2D eigenvalue weighted by Crippen LogP contribution is -2.60. The van der Waals surface area contributed by atoms with E-state index in [2.05, 4.69) is 20.9 Å². The number of thiazole rings is 1. The first-order valence-electron chi connectivity index (χ1n) is 12.8. The van der Waals surface area contributed by atoms with Crippen molar-refractivity contribution in [3.63, 3.8) is 0 Å². The van der Waals surface area contributed by atoms with Crippen molar-refractivity contribution in [3.8, 4) is 10.4 Å². The van der Waals surface area contributed by atoms with Crippen LogP contribution in [-0.2, 0) is 14.4 Å². The Morgan fingerprint density at radius 1 is 1.08 bits per heavy atom. The van der Waals surface area contributed by atoms with Gasteiger partial charge in [-0.15, -0.1) is 11.3 Å². The molecule has 39 heavy (non-hydrogen) atoms. The highest BCUT2D eigenvalue weighted by atomic mass is 32.1. The van der Waals surface area contributed by atoms with E-state index in [4.69, 9.17) is 5.11 Å². The van der Waals surface area contributed by atoms with Crippen molar-refractivity contribution in [2.75, 3.05) is 6.54 Å². The monoisotopic (exact) mass is 559 g/mol. The van der Waals surface area contributed by atoms with Crippen molar-refractivity contribution >= 4 is 35.2 Å². The number of aliphatic hydroxyl groups is 1. The zero-order valence-electron chi connectivity index (χ0n) is 23.0. The molecule has 1 aromatic carbocycles. The Morgan fingerprint density at radius 3 is 2.26 bits per heavy atom. The summed E-state index contributed by atoms with van der Waals surface area (Å²) in [6.07, 6.45) is -2.20. The Kier molecular flexibility index (Phi) is 9.34. The number of benzene rings is 1. The molecule has 11 nitrogen and oxygen atoms in total. The van der Waals surface area contributed by atoms with Crippen molar-refractivity contribution in [1.29, 1.82) is 0 Å². The minimum Gasteiger partial charge on any atom is -0.465 e. The van der Waals surface area contributed by atoms with Crippen molar-refractivity contribution in [1.82, 2.24) is 25.8 Å². The van der Waals surface area contributed by atoms with E-state index in [0.717, 1.165) is 21.7 Å². The number of hydrogen-bond donors (Lipinski definition) is 5. The number of hydrogen-bond acceptors (Lipinski definition) is 7. The lowest BCUT2D eigenvalue weighted by molar-refractivity contribution is -0.144. The maximum absolute atomic E-state index is 13.6. The molecule has 0 aliphatic carbocycles. The molecular weight excluding hydrogens is 522 g/mol. The Hall–Kier alpha value is -3.51. The number of aryl methyl sites for hydroxylation is 1. The summed E-state index contributed by atoms with van der Waals surface area (Å²) in [7, 11) is 0. The van der Waals surface area contributed by atoms with Crippen LogP contribution in [0.5, 0.6) is 0 Å². The molecule has 1 fully saturated rings. The van der Waals surface area contributed by atoms with Crippen molar-refractivity contribution in [3.05, 3.63) is 41.0 Å². The van der Waals surface area contributed by atoms with Gasteiger partial charge in [-0.2, -0.15) is 0 Å². The maximum Gasteiger partial charge on any atom is 0.405 e. The molecular formula is C27H37N5O6S. The van der Waals surface area contributed by atoms with E-state index in [9.17, 15) is 24.3 Å². The predicted octanol–water partition coefficient (Wildman–Crippen LogP) is 2.44. The molecule has 4 amide bonds. The number of carboxylic acid groups (broad SMARTS) is 1. The molecule has 2 aromatic rings. The summed E-state index contributed by atoms with van der Waals surface area (Å²) in [6, 6.07) is 4.40. The van der Waals surface area contributed by atoms with Gasteiger partial charge in [0.05, 0.1) is 28.2 Å². The van der Waals surface area contributed by atoms with E-state index in [1.165, 1.54) is 11.8 Å². The van der Waals surface area contributed by atoms with Crippen LogP contribution in [0.3, 0.4) is 0 Å². The molecule has 3 rings (SSSR count). The van der Waals surface area contributed by atoms with Crippen LogP contribution in [-0.4, -0.2) is 74.7 Å². The van der Waals surface area contributed by atoms with E-state index >= 15 is 0 Å². The fourth-order valence-electron chi connectivity index (χ4n) is 4.53. The highest BCUT2D eigenvalue weighted by molar-refractivity contribution is 7.13. The standard InChI is InChI=1S/C27H37N5O6S/c1-14(17-7-9-18(10-8-17)21-15(2)28-13-39-21)29-24(35)20-11-19(33)12-32(20)25(36)22(27(4,5)6)31-23(34)16(3)30-26(37)38/h7-10,13-14,16,19-20,22,30,33H,11-12H2,1-6H3,(H,29,35)(H,31,34)(H,37,38)/t14-,16-,19+,20-,22+/m0/s1. The first-order chi connectivity index (χ1) is 18.2. The van der Waals surface area contributed by atoms with E-state index in [1.54, 1.807) is 37.6 Å². The number of likely N-dealkylation sites (tertiary alicyclic amines) is 1. The third-order valence-electron chi connectivity index (χ3n) is 6.77. The smallest absolute Gasteiger partial charge is 0.405 e. The van der Waals surface area contributed by atoms with Gasteiger partial charge in [0.1, 0.15) is 18.1 Å². The number of nitrogens with one attached hydrogen (secondary N) is 3. The molecule has 5 N–H and O–H groups in total. The molecule has 0 saturated carbocycles. The second-order valence-electron chi connectivity index (χ2n) is 11.0. The fourth-order valence-corrected chi connectivity index (χ4v) is 5.35. The zero-order valence-corrected chi connectivity index (χ0v) is 23.8. The number of aromatic nitrogens is 1. The topological polar surface area (TPSA) is 161 Å². The summed E-state index contributed by atoms with van der Waals surface area (Å²) in [4.78, 5) is 57.2. The fraction of sp³-hybridized carbons (Fsp3) is 0.519. The van der Waals surface area contributed by atoms with Gasteiger partial charge in [-0.05, 0) is 37.3 Å². The Balaban J connectivity index is 1.73. The molecule has 1 saturated heterocycles. The summed E-state index contributed by atoms with van der Waals surface area (Å²) in [5, 5.41) is 26.9. The van der Waals surface area contributed by atoms with Crippen LogP contribution in [0.25, 0.3) is 10.4 Å². The van der Waals surface area contributed by atoms with Crippen molar-refractivity contribution in [2.24, 2.45) is 5.41 Å². The molecule has 12 heteroatoms. The number of aliphatic hydroxyl groups excluding tert-OH is 1. The summed E-state index contributed by atoms with van der Waals surface area (Å²) < 4.78 is 0. The minimum absolute atomic E-state index is 0.0560. The van der Waals surface area contributed by atoms with Gasteiger partial charge in [0, 0.05) is 13.0 Å². The lowest BCUT2D eigenvalue weighted by Gasteiger charge is -2.36. The van der Waals surface area contributed by atoms with Crippen LogP contribution in [0.2, 0.25) is 0 Å². The third-order valence-corrected chi connectivity index (χ3v) is 7.75. The van der Waals surface area contributed by atoms with E-state index in [1.807, 2.05) is 38.1 Å². The molecule has 5 atom stereocenters. The average Bonchev–Trinajstić information content (AvgIpc) is 3.46. The molecule has 1 aromatic heterocycles. The van der Waals surface area contributed by atoms with Crippen LogP contribution in [0, 0.1) is 12.3 Å². The molecule has 0 unspecified atom stereocenters. The molecule has 212 valence electrons.